The number of H-pyrrole nitrogens is 1. The van der Waals surface area contributed by atoms with E-state index in [9.17, 15) is 0 Å². The maximum atomic E-state index is 9.00. The third kappa shape index (κ3) is 2.42. The minimum Gasteiger partial charge on any atom is -0.384 e. The molecule has 0 amide bonds. The Kier molecular flexibility index (Phi) is 3.23. The van der Waals surface area contributed by atoms with Gasteiger partial charge in [0.1, 0.15) is 5.82 Å². The topological polar surface area (TPSA) is 77.4 Å². The SMILES string of the molecule is CC(c1ccc2c(n1)CCCN2)c1nc2ccc(C#N)cc2[nH]1. The van der Waals surface area contributed by atoms with Crippen LogP contribution in [0.4, 0.5) is 5.69 Å². The molecule has 0 saturated carbocycles. The number of hydrogen-bond donors (Lipinski definition) is 2. The number of rotatable bonds is 2. The first-order valence-electron chi connectivity index (χ1n) is 7.88. The van der Waals surface area contributed by atoms with Crippen molar-refractivity contribution in [1.82, 2.24) is 15.0 Å². The predicted octanol–water partition coefficient (Wildman–Crippen LogP) is 3.34. The van der Waals surface area contributed by atoms with Crippen molar-refractivity contribution in [3.8, 4) is 6.07 Å². The van der Waals surface area contributed by atoms with Crippen LogP contribution in [-0.2, 0) is 6.42 Å². The van der Waals surface area contributed by atoms with Gasteiger partial charge >= 0.3 is 0 Å². The van der Waals surface area contributed by atoms with Crippen molar-refractivity contribution in [1.29, 1.82) is 5.26 Å². The highest BCUT2D eigenvalue weighted by atomic mass is 14.9. The third-order valence-corrected chi connectivity index (χ3v) is 4.38. The number of imidazole rings is 1. The Balaban J connectivity index is 1.71. The number of fused-ring (bicyclic) bond motifs is 2. The van der Waals surface area contributed by atoms with E-state index in [-0.39, 0.29) is 5.92 Å². The zero-order chi connectivity index (χ0) is 15.8. The van der Waals surface area contributed by atoms with Gasteiger partial charge in [-0.25, -0.2) is 4.98 Å². The van der Waals surface area contributed by atoms with Crippen LogP contribution in [0.5, 0.6) is 0 Å². The molecule has 1 unspecified atom stereocenters. The maximum absolute atomic E-state index is 9.00. The van der Waals surface area contributed by atoms with E-state index >= 15 is 0 Å². The zero-order valence-electron chi connectivity index (χ0n) is 12.9. The van der Waals surface area contributed by atoms with E-state index in [1.165, 1.54) is 0 Å². The molecule has 0 bridgehead atoms. The summed E-state index contributed by atoms with van der Waals surface area (Å²) in [5.41, 5.74) is 5.72. The molecule has 3 heterocycles. The van der Waals surface area contributed by atoms with Crippen molar-refractivity contribution in [3.63, 3.8) is 0 Å². The van der Waals surface area contributed by atoms with Crippen LogP contribution < -0.4 is 5.32 Å². The molecule has 1 aliphatic heterocycles. The highest BCUT2D eigenvalue weighted by Gasteiger charge is 2.17. The molecule has 2 aromatic heterocycles. The van der Waals surface area contributed by atoms with Gasteiger partial charge in [0, 0.05) is 6.54 Å². The number of anilines is 1. The van der Waals surface area contributed by atoms with Gasteiger partial charge in [0.15, 0.2) is 0 Å². The standard InChI is InChI=1S/C18H17N5/c1-11(13-6-7-14-15(21-13)3-2-8-20-14)18-22-16-5-4-12(10-19)9-17(16)23-18/h4-7,9,11,20H,2-3,8H2,1H3,(H,22,23). The second kappa shape index (κ2) is 5.40. The van der Waals surface area contributed by atoms with Crippen molar-refractivity contribution in [2.75, 3.05) is 11.9 Å². The van der Waals surface area contributed by atoms with Gasteiger partial charge in [0.25, 0.3) is 0 Å². The van der Waals surface area contributed by atoms with Crippen molar-refractivity contribution in [2.24, 2.45) is 0 Å². The van der Waals surface area contributed by atoms with Crippen LogP contribution in [0.1, 0.15) is 42.0 Å². The lowest BCUT2D eigenvalue weighted by molar-refractivity contribution is 0.759. The molecular weight excluding hydrogens is 286 g/mol. The van der Waals surface area contributed by atoms with Gasteiger partial charge in [-0.3, -0.25) is 4.98 Å². The van der Waals surface area contributed by atoms with Gasteiger partial charge < -0.3 is 10.3 Å². The van der Waals surface area contributed by atoms with E-state index in [1.54, 1.807) is 6.07 Å². The number of nitrogens with zero attached hydrogens (tertiary/aromatic N) is 3. The Hall–Kier alpha value is -2.87. The van der Waals surface area contributed by atoms with E-state index in [0.29, 0.717) is 5.56 Å². The summed E-state index contributed by atoms with van der Waals surface area (Å²) in [6, 6.07) is 11.8. The molecule has 1 atom stereocenters. The number of nitriles is 1. The first-order valence-corrected chi connectivity index (χ1v) is 7.88. The van der Waals surface area contributed by atoms with Crippen LogP contribution in [-0.4, -0.2) is 21.5 Å². The number of aryl methyl sites for hydroxylation is 1. The molecule has 114 valence electrons. The first-order chi connectivity index (χ1) is 11.2. The van der Waals surface area contributed by atoms with Gasteiger partial charge in [-0.1, -0.05) is 0 Å². The molecule has 23 heavy (non-hydrogen) atoms. The second-order valence-corrected chi connectivity index (χ2v) is 5.95. The number of benzene rings is 1. The summed E-state index contributed by atoms with van der Waals surface area (Å²) in [4.78, 5) is 12.8. The number of nitrogens with one attached hydrogen (secondary N) is 2. The summed E-state index contributed by atoms with van der Waals surface area (Å²) in [7, 11) is 0. The number of hydrogen-bond acceptors (Lipinski definition) is 4. The summed E-state index contributed by atoms with van der Waals surface area (Å²) < 4.78 is 0. The maximum Gasteiger partial charge on any atom is 0.116 e. The smallest absolute Gasteiger partial charge is 0.116 e. The molecule has 0 spiro atoms. The molecule has 0 radical (unpaired) electrons. The molecule has 2 N–H and O–H groups in total. The molecule has 3 aromatic rings. The normalized spacial score (nSPS) is 14.8. The lowest BCUT2D eigenvalue weighted by atomic mass is 10.0. The number of aromatic amines is 1. The highest BCUT2D eigenvalue weighted by molar-refractivity contribution is 5.77. The second-order valence-electron chi connectivity index (χ2n) is 5.95. The average molecular weight is 303 g/mol. The van der Waals surface area contributed by atoms with Gasteiger partial charge in [-0.15, -0.1) is 0 Å². The average Bonchev–Trinajstić information content (AvgIpc) is 3.03. The van der Waals surface area contributed by atoms with Crippen LogP contribution in [0.25, 0.3) is 11.0 Å². The largest absolute Gasteiger partial charge is 0.384 e. The fourth-order valence-electron chi connectivity index (χ4n) is 3.03. The van der Waals surface area contributed by atoms with E-state index < -0.39 is 0 Å². The predicted molar refractivity (Wildman–Crippen MR) is 89.4 cm³/mol. The highest BCUT2D eigenvalue weighted by Crippen LogP contribution is 2.27. The van der Waals surface area contributed by atoms with Gasteiger partial charge in [-0.05, 0) is 50.1 Å². The lowest BCUT2D eigenvalue weighted by Crippen LogP contribution is -2.14. The molecule has 1 aromatic carbocycles. The Morgan fingerprint density at radius 1 is 1.22 bits per heavy atom. The Labute approximate surface area is 134 Å². The van der Waals surface area contributed by atoms with Crippen molar-refractivity contribution in [2.45, 2.75) is 25.7 Å². The van der Waals surface area contributed by atoms with Crippen molar-refractivity contribution in [3.05, 3.63) is 53.1 Å². The number of pyridine rings is 1. The van der Waals surface area contributed by atoms with Crippen LogP contribution in [0.2, 0.25) is 0 Å². The molecule has 1 aliphatic rings. The summed E-state index contributed by atoms with van der Waals surface area (Å²) in [5.74, 6) is 0.964. The quantitative estimate of drug-likeness (QED) is 0.761. The molecule has 0 saturated heterocycles. The molecule has 0 fully saturated rings. The monoisotopic (exact) mass is 303 g/mol. The van der Waals surface area contributed by atoms with E-state index in [1.807, 2.05) is 12.1 Å². The summed E-state index contributed by atoms with van der Waals surface area (Å²) in [5, 5.41) is 12.4. The van der Waals surface area contributed by atoms with Gasteiger partial charge in [-0.2, -0.15) is 5.26 Å². The lowest BCUT2D eigenvalue weighted by Gasteiger charge is -2.19. The summed E-state index contributed by atoms with van der Waals surface area (Å²) in [6.45, 7) is 3.13. The molecule has 0 aliphatic carbocycles. The Bertz CT molecular complexity index is 919. The Morgan fingerprint density at radius 3 is 3.00 bits per heavy atom. The third-order valence-electron chi connectivity index (χ3n) is 4.38. The number of aromatic nitrogens is 3. The van der Waals surface area contributed by atoms with Crippen LogP contribution in [0.3, 0.4) is 0 Å². The molecular formula is C18H17N5. The van der Waals surface area contributed by atoms with E-state index in [0.717, 1.165) is 53.3 Å². The van der Waals surface area contributed by atoms with Crippen molar-refractivity contribution < 1.29 is 0 Å². The fraction of sp³-hybridized carbons (Fsp3) is 0.278. The minimum atomic E-state index is 0.0835. The summed E-state index contributed by atoms with van der Waals surface area (Å²) >= 11 is 0. The fourth-order valence-corrected chi connectivity index (χ4v) is 3.03. The minimum absolute atomic E-state index is 0.0835. The Morgan fingerprint density at radius 2 is 2.13 bits per heavy atom. The van der Waals surface area contributed by atoms with Gasteiger partial charge in [0.2, 0.25) is 0 Å². The van der Waals surface area contributed by atoms with Gasteiger partial charge in [0.05, 0.1) is 45.7 Å². The molecule has 5 nitrogen and oxygen atoms in total. The van der Waals surface area contributed by atoms with Crippen LogP contribution >= 0.6 is 0 Å². The summed E-state index contributed by atoms with van der Waals surface area (Å²) in [6.07, 6.45) is 2.15. The molecule has 5 heteroatoms. The van der Waals surface area contributed by atoms with Crippen LogP contribution in [0, 0.1) is 11.3 Å². The van der Waals surface area contributed by atoms with Crippen molar-refractivity contribution >= 4 is 16.7 Å². The van der Waals surface area contributed by atoms with E-state index in [4.69, 9.17) is 10.2 Å². The first kappa shape index (κ1) is 13.8. The molecule has 4 rings (SSSR count). The zero-order valence-corrected chi connectivity index (χ0v) is 12.9. The van der Waals surface area contributed by atoms with E-state index in [2.05, 4.69) is 40.4 Å². The van der Waals surface area contributed by atoms with Crippen LogP contribution in [0.15, 0.2) is 30.3 Å².